The van der Waals surface area contributed by atoms with Crippen molar-refractivity contribution in [3.8, 4) is 66.8 Å². The minimum absolute atomic E-state index is 0.324. The van der Waals surface area contributed by atoms with Crippen molar-refractivity contribution < 1.29 is 0 Å². The van der Waals surface area contributed by atoms with E-state index in [1.165, 1.54) is 192 Å². The van der Waals surface area contributed by atoms with Crippen molar-refractivity contribution in [3.63, 3.8) is 0 Å². The highest BCUT2D eigenvalue weighted by Crippen LogP contribution is 2.48. The topological polar surface area (TPSA) is 8.82 Å². The lowest BCUT2D eigenvalue weighted by atomic mass is 9.88. The van der Waals surface area contributed by atoms with Gasteiger partial charge in [0, 0.05) is 43.1 Å². The molecule has 0 spiro atoms. The van der Waals surface area contributed by atoms with Crippen molar-refractivity contribution in [2.45, 2.75) is 19.8 Å². The van der Waals surface area contributed by atoms with Crippen molar-refractivity contribution in [1.29, 1.82) is 0 Å². The summed E-state index contributed by atoms with van der Waals surface area (Å²) in [6, 6.07) is 108. The summed E-state index contributed by atoms with van der Waals surface area (Å²) < 4.78 is 5.09. The lowest BCUT2D eigenvalue weighted by Gasteiger charge is -2.16. The van der Waals surface area contributed by atoms with Crippen LogP contribution in [0.3, 0.4) is 0 Å². The summed E-state index contributed by atoms with van der Waals surface area (Å²) in [5.41, 5.74) is 23.5. The molecule has 2 heteroatoms. The summed E-state index contributed by atoms with van der Waals surface area (Å²) >= 11 is 0. The lowest BCUT2D eigenvalue weighted by molar-refractivity contribution is 0.869. The van der Waals surface area contributed by atoms with Crippen LogP contribution in [0.4, 0.5) is 0 Å². The molecule has 0 atom stereocenters. The molecule has 0 aliphatic carbocycles. The van der Waals surface area contributed by atoms with Gasteiger partial charge in [-0.15, -0.1) is 0 Å². The maximum Gasteiger partial charge on any atom is 0.0620 e. The molecule has 0 N–H and O–H groups in total. The molecular weight excluding hydrogens is 1050 g/mol. The highest BCUT2D eigenvalue weighted by molar-refractivity contribution is 6.29. The molecule has 19 aromatic rings. The first kappa shape index (κ1) is 48.3. The average molecular weight is 1100 g/mol. The lowest BCUT2D eigenvalue weighted by Crippen LogP contribution is -1.94. The Balaban J connectivity index is 0.761. The van der Waals surface area contributed by atoms with Crippen LogP contribution in [0.2, 0.25) is 0 Å². The van der Waals surface area contributed by atoms with Gasteiger partial charge in [0.05, 0.1) is 33.1 Å². The van der Waals surface area contributed by atoms with Crippen molar-refractivity contribution in [1.82, 2.24) is 8.80 Å². The van der Waals surface area contributed by atoms with Crippen LogP contribution < -0.4 is 0 Å². The molecule has 0 radical (unpaired) electrons. The van der Waals surface area contributed by atoms with E-state index < -0.39 is 0 Å². The second-order valence-electron chi connectivity index (χ2n) is 24.7. The molecule has 0 fully saturated rings. The molecule has 0 unspecified atom stereocenters. The fraction of sp³-hybridized carbons (Fsp3) is 0.0353. The van der Waals surface area contributed by atoms with E-state index in [1.54, 1.807) is 0 Å². The van der Waals surface area contributed by atoms with Crippen LogP contribution in [0.25, 0.3) is 186 Å². The summed E-state index contributed by atoms with van der Waals surface area (Å²) in [6.07, 6.45) is 0. The Labute approximate surface area is 502 Å². The number of rotatable bonds is 7. The third-order valence-corrected chi connectivity index (χ3v) is 19.3. The number of hydrogen-bond acceptors (Lipinski definition) is 0. The van der Waals surface area contributed by atoms with Gasteiger partial charge in [-0.3, -0.25) is 0 Å². The molecule has 15 aromatic carbocycles. The van der Waals surface area contributed by atoms with Crippen molar-refractivity contribution in [3.05, 3.63) is 291 Å². The number of benzene rings is 15. The Kier molecular flexibility index (Phi) is 10.1. The van der Waals surface area contributed by atoms with Gasteiger partial charge in [0.25, 0.3) is 0 Å². The van der Waals surface area contributed by atoms with Gasteiger partial charge in [0.1, 0.15) is 0 Å². The van der Waals surface area contributed by atoms with E-state index in [-0.39, 0.29) is 0 Å². The highest BCUT2D eigenvalue weighted by atomic mass is 14.9. The van der Waals surface area contributed by atoms with Gasteiger partial charge in [-0.25, -0.2) is 0 Å². The summed E-state index contributed by atoms with van der Waals surface area (Å²) in [5.74, 6) is 0.324. The average Bonchev–Trinajstić information content (AvgIpc) is 1.58. The summed E-state index contributed by atoms with van der Waals surface area (Å²) in [4.78, 5) is 0. The zero-order valence-electron chi connectivity index (χ0n) is 48.1. The third-order valence-electron chi connectivity index (χ3n) is 19.3. The Hall–Kier alpha value is -11.1. The summed E-state index contributed by atoms with van der Waals surface area (Å²) in [5, 5.41) is 20.3. The highest BCUT2D eigenvalue weighted by Gasteiger charge is 2.24. The molecule has 0 amide bonds. The first-order valence-corrected chi connectivity index (χ1v) is 30.5. The van der Waals surface area contributed by atoms with Crippen LogP contribution >= 0.6 is 0 Å². The predicted molar refractivity (Wildman–Crippen MR) is 372 cm³/mol. The van der Waals surface area contributed by atoms with E-state index in [9.17, 15) is 0 Å². The Morgan fingerprint density at radius 3 is 0.977 bits per heavy atom. The molecule has 0 bridgehead atoms. The minimum Gasteiger partial charge on any atom is -0.308 e. The second-order valence-corrected chi connectivity index (χ2v) is 24.7. The number of nitrogens with zero attached hydrogens (tertiary/aromatic N) is 2. The Morgan fingerprint density at radius 2 is 0.529 bits per heavy atom. The fourth-order valence-corrected chi connectivity index (χ4v) is 15.1. The molecule has 19 rings (SSSR count). The minimum atomic E-state index is 0.324. The molecule has 4 heterocycles. The molecule has 0 saturated carbocycles. The zero-order valence-corrected chi connectivity index (χ0v) is 48.1. The zero-order chi connectivity index (χ0) is 57.2. The van der Waals surface area contributed by atoms with E-state index in [2.05, 4.69) is 308 Å². The van der Waals surface area contributed by atoms with Gasteiger partial charge >= 0.3 is 0 Å². The van der Waals surface area contributed by atoms with E-state index in [1.807, 2.05) is 0 Å². The SMILES string of the molecule is CC(C)c1ccc(-c2cccc(-c3ccc4cc5c6cc(-c7cc(-c8ccccc8)cc(-c8ccccc8)c7)cc7c8cc9ccccc9cc8n(c5cc4c3)c76)c2)cc1-c1cc2c3cc4ccccc4cc3n3c4cc5ccccc5cc4c(c1)c23. The van der Waals surface area contributed by atoms with Crippen LogP contribution in [0.15, 0.2) is 285 Å². The number of hydrogen-bond donors (Lipinski definition) is 0. The molecular formula is C85H54N2. The quantitative estimate of drug-likeness (QED) is 0.150. The van der Waals surface area contributed by atoms with Crippen LogP contribution in [0.5, 0.6) is 0 Å². The first-order chi connectivity index (χ1) is 42.9. The molecule has 2 nitrogen and oxygen atoms in total. The van der Waals surface area contributed by atoms with E-state index in [0.717, 1.165) is 0 Å². The molecule has 87 heavy (non-hydrogen) atoms. The van der Waals surface area contributed by atoms with Gasteiger partial charge in [-0.1, -0.05) is 190 Å². The van der Waals surface area contributed by atoms with Crippen LogP contribution in [0.1, 0.15) is 25.3 Å². The van der Waals surface area contributed by atoms with E-state index in [4.69, 9.17) is 0 Å². The van der Waals surface area contributed by atoms with E-state index >= 15 is 0 Å². The maximum absolute atomic E-state index is 2.55. The molecule has 404 valence electrons. The van der Waals surface area contributed by atoms with Gasteiger partial charge < -0.3 is 8.80 Å². The molecule has 0 saturated heterocycles. The van der Waals surface area contributed by atoms with Crippen molar-refractivity contribution >= 4 is 119 Å². The van der Waals surface area contributed by atoms with Crippen LogP contribution in [-0.4, -0.2) is 8.80 Å². The Bertz CT molecular complexity index is 5900. The predicted octanol–water partition coefficient (Wildman–Crippen LogP) is 23.7. The fourth-order valence-electron chi connectivity index (χ4n) is 15.1. The standard InChI is InChI=1S/C85H54N2/c1-50(2)70-31-30-62(37-71(70)69-44-78-73-39-56-21-10-13-24-59(56)47-81(73)86-82-48-60-25-14-11-22-57(60)40-74(82)79(45-69)85(78)86)54-27-15-26-53(32-54)61-28-29-63-41-75-77-43-68(66-35-64(51-16-5-3-6-17-51)34-65(36-66)52-18-7-4-8-19-52)42-76-72-38-55-20-9-12-23-58(55)46-80(72)87(84(76)77)83(75)49-67(63)33-61/h3-50H,1-2H3. The van der Waals surface area contributed by atoms with Crippen molar-refractivity contribution in [2.75, 3.05) is 0 Å². The smallest absolute Gasteiger partial charge is 0.0620 e. The van der Waals surface area contributed by atoms with E-state index in [0.29, 0.717) is 5.92 Å². The van der Waals surface area contributed by atoms with Crippen LogP contribution in [-0.2, 0) is 0 Å². The first-order valence-electron chi connectivity index (χ1n) is 30.5. The number of fused-ring (bicyclic) bond motifs is 16. The van der Waals surface area contributed by atoms with Gasteiger partial charge in [-0.05, 0) is 231 Å². The number of aromatic nitrogens is 2. The normalized spacial score (nSPS) is 12.4. The summed E-state index contributed by atoms with van der Waals surface area (Å²) in [7, 11) is 0. The molecule has 0 aliphatic heterocycles. The van der Waals surface area contributed by atoms with Crippen molar-refractivity contribution in [2.24, 2.45) is 0 Å². The second kappa shape index (κ2) is 18.2. The Morgan fingerprint density at radius 1 is 0.207 bits per heavy atom. The third kappa shape index (κ3) is 7.29. The van der Waals surface area contributed by atoms with Crippen LogP contribution in [0, 0.1) is 0 Å². The van der Waals surface area contributed by atoms with Gasteiger partial charge in [0.15, 0.2) is 0 Å². The molecule has 0 aliphatic rings. The molecule has 4 aromatic heterocycles. The van der Waals surface area contributed by atoms with Gasteiger partial charge in [0.2, 0.25) is 0 Å². The monoisotopic (exact) mass is 1100 g/mol. The summed E-state index contributed by atoms with van der Waals surface area (Å²) in [6.45, 7) is 4.66. The van der Waals surface area contributed by atoms with Gasteiger partial charge in [-0.2, -0.15) is 0 Å². The largest absolute Gasteiger partial charge is 0.308 e. The maximum atomic E-state index is 2.55.